The highest BCUT2D eigenvalue weighted by atomic mass is 31.2. The monoisotopic (exact) mass is 312 g/mol. The van der Waals surface area contributed by atoms with E-state index in [9.17, 15) is 9.67 Å². The number of phosphoric acid groups is 1. The molecule has 6 nitrogen and oxygen atoms in total. The van der Waals surface area contributed by atoms with Crippen LogP contribution in [0.1, 0.15) is 6.42 Å². The second-order valence-electron chi connectivity index (χ2n) is 4.95. The molecule has 2 saturated heterocycles. The molecule has 2 fully saturated rings. The molecule has 2 aliphatic rings. The molecule has 2 aliphatic heterocycles. The molecule has 1 aromatic rings. The molecule has 3 rings (SSSR count). The van der Waals surface area contributed by atoms with E-state index < -0.39 is 32.2 Å². The standard InChI is InChI=1S/C14H17O6P/c1-2-6-11-13(15)14-12(18-11)9-17-21(16,20-14)19-10-7-4-3-5-8-10/h2-5,7-8,11-15H,1,6,9H2/t11-,12+,13-,14+,21?/m0/s1. The third-order valence-electron chi connectivity index (χ3n) is 3.44. The van der Waals surface area contributed by atoms with Crippen molar-refractivity contribution in [3.8, 4) is 5.75 Å². The van der Waals surface area contributed by atoms with Crippen LogP contribution >= 0.6 is 7.82 Å². The molecule has 0 aromatic heterocycles. The normalized spacial score (nSPS) is 38.7. The Morgan fingerprint density at radius 2 is 2.19 bits per heavy atom. The topological polar surface area (TPSA) is 74.2 Å². The number of rotatable bonds is 4. The number of fused-ring (bicyclic) bond motifs is 1. The van der Waals surface area contributed by atoms with E-state index in [1.165, 1.54) is 0 Å². The minimum Gasteiger partial charge on any atom is -0.404 e. The van der Waals surface area contributed by atoms with Crippen molar-refractivity contribution in [2.24, 2.45) is 0 Å². The van der Waals surface area contributed by atoms with Crippen LogP contribution in [0.4, 0.5) is 0 Å². The fraction of sp³-hybridized carbons (Fsp3) is 0.429. The molecule has 0 bridgehead atoms. The van der Waals surface area contributed by atoms with Crippen LogP contribution in [0, 0.1) is 0 Å². The van der Waals surface area contributed by atoms with Gasteiger partial charge in [-0.15, -0.1) is 6.58 Å². The van der Waals surface area contributed by atoms with Gasteiger partial charge in [0.1, 0.15) is 24.1 Å². The lowest BCUT2D eigenvalue weighted by Gasteiger charge is -2.30. The molecule has 1 aromatic carbocycles. The molecule has 0 spiro atoms. The molecule has 1 N–H and O–H groups in total. The van der Waals surface area contributed by atoms with Gasteiger partial charge < -0.3 is 14.4 Å². The predicted molar refractivity (Wildman–Crippen MR) is 75.0 cm³/mol. The van der Waals surface area contributed by atoms with E-state index in [1.807, 2.05) is 6.07 Å². The van der Waals surface area contributed by atoms with Crippen molar-refractivity contribution in [2.75, 3.05) is 6.61 Å². The molecule has 2 heterocycles. The minimum atomic E-state index is -3.75. The number of hydrogen-bond donors (Lipinski definition) is 1. The smallest absolute Gasteiger partial charge is 0.404 e. The maximum Gasteiger partial charge on any atom is 0.530 e. The fourth-order valence-electron chi connectivity index (χ4n) is 2.44. The van der Waals surface area contributed by atoms with Crippen molar-refractivity contribution in [1.29, 1.82) is 0 Å². The molecule has 1 unspecified atom stereocenters. The SMILES string of the molecule is C=CC[C@@H]1O[C@@H]2COP(=O)(Oc3ccccc3)O[C@H]2[C@H]1O. The number of ether oxygens (including phenoxy) is 1. The van der Waals surface area contributed by atoms with Crippen LogP contribution in [-0.4, -0.2) is 36.1 Å². The molecule has 0 saturated carbocycles. The van der Waals surface area contributed by atoms with Crippen LogP contribution in [0.25, 0.3) is 0 Å². The van der Waals surface area contributed by atoms with Gasteiger partial charge in [0.05, 0.1) is 12.7 Å². The lowest BCUT2D eigenvalue weighted by atomic mass is 10.1. The second-order valence-corrected chi connectivity index (χ2v) is 6.49. The van der Waals surface area contributed by atoms with E-state index in [-0.39, 0.29) is 6.61 Å². The number of para-hydroxylation sites is 1. The Kier molecular flexibility index (Phi) is 4.15. The van der Waals surface area contributed by atoms with E-state index in [1.54, 1.807) is 30.3 Å². The van der Waals surface area contributed by atoms with Gasteiger partial charge in [0, 0.05) is 0 Å². The maximum absolute atomic E-state index is 12.5. The van der Waals surface area contributed by atoms with Crippen molar-refractivity contribution >= 4 is 7.82 Å². The van der Waals surface area contributed by atoms with Crippen LogP contribution in [-0.2, 0) is 18.3 Å². The number of phosphoric ester groups is 1. The molecule has 114 valence electrons. The third-order valence-corrected chi connectivity index (χ3v) is 4.84. The van der Waals surface area contributed by atoms with Crippen molar-refractivity contribution in [1.82, 2.24) is 0 Å². The zero-order valence-electron chi connectivity index (χ0n) is 11.3. The third kappa shape index (κ3) is 3.05. The van der Waals surface area contributed by atoms with E-state index in [0.29, 0.717) is 12.2 Å². The first-order valence-electron chi connectivity index (χ1n) is 6.73. The van der Waals surface area contributed by atoms with Crippen molar-refractivity contribution in [3.05, 3.63) is 43.0 Å². The molecule has 0 amide bonds. The van der Waals surface area contributed by atoms with Gasteiger partial charge in [0.25, 0.3) is 0 Å². The Morgan fingerprint density at radius 1 is 1.43 bits per heavy atom. The quantitative estimate of drug-likeness (QED) is 0.679. The van der Waals surface area contributed by atoms with Crippen LogP contribution in [0.2, 0.25) is 0 Å². The minimum absolute atomic E-state index is 0.0550. The molecule has 0 aliphatic carbocycles. The van der Waals surface area contributed by atoms with E-state index >= 15 is 0 Å². The van der Waals surface area contributed by atoms with Gasteiger partial charge in [-0.25, -0.2) is 4.57 Å². The fourth-order valence-corrected chi connectivity index (χ4v) is 3.86. The molecule has 5 atom stereocenters. The largest absolute Gasteiger partial charge is 0.530 e. The summed E-state index contributed by atoms with van der Waals surface area (Å²) >= 11 is 0. The first-order valence-corrected chi connectivity index (χ1v) is 8.19. The summed E-state index contributed by atoms with van der Waals surface area (Å²) in [6, 6.07) is 8.63. The molecule has 21 heavy (non-hydrogen) atoms. The van der Waals surface area contributed by atoms with Crippen LogP contribution in [0.3, 0.4) is 0 Å². The lowest BCUT2D eigenvalue weighted by molar-refractivity contribution is -0.0519. The highest BCUT2D eigenvalue weighted by molar-refractivity contribution is 7.49. The van der Waals surface area contributed by atoms with Crippen molar-refractivity contribution < 1.29 is 28.0 Å². The van der Waals surface area contributed by atoms with E-state index in [0.717, 1.165) is 0 Å². The lowest BCUT2D eigenvalue weighted by Crippen LogP contribution is -2.40. The first kappa shape index (κ1) is 14.8. The van der Waals surface area contributed by atoms with Crippen molar-refractivity contribution in [2.45, 2.75) is 30.8 Å². The molecule has 0 radical (unpaired) electrons. The summed E-state index contributed by atoms with van der Waals surface area (Å²) in [5.74, 6) is 0.385. The summed E-state index contributed by atoms with van der Waals surface area (Å²) in [6.45, 7) is 3.67. The average Bonchev–Trinajstić information content (AvgIpc) is 2.77. The number of aliphatic hydroxyl groups excluding tert-OH is 1. The van der Waals surface area contributed by atoms with E-state index in [2.05, 4.69) is 6.58 Å². The second kappa shape index (κ2) is 5.91. The Hall–Kier alpha value is -1.17. The summed E-state index contributed by atoms with van der Waals surface area (Å²) < 4.78 is 34.0. The Bertz CT molecular complexity index is 548. The average molecular weight is 312 g/mol. The zero-order chi connectivity index (χ0) is 14.9. The van der Waals surface area contributed by atoms with Gasteiger partial charge in [-0.2, -0.15) is 0 Å². The highest BCUT2D eigenvalue weighted by Crippen LogP contribution is 2.55. The predicted octanol–water partition coefficient (Wildman–Crippen LogP) is 2.29. The summed E-state index contributed by atoms with van der Waals surface area (Å²) in [5.41, 5.74) is 0. The van der Waals surface area contributed by atoms with Gasteiger partial charge in [0.15, 0.2) is 0 Å². The van der Waals surface area contributed by atoms with Gasteiger partial charge in [-0.05, 0) is 18.6 Å². The maximum atomic E-state index is 12.5. The first-order chi connectivity index (χ1) is 10.1. The van der Waals surface area contributed by atoms with Gasteiger partial charge in [0.2, 0.25) is 0 Å². The molecular weight excluding hydrogens is 295 g/mol. The Morgan fingerprint density at radius 3 is 2.90 bits per heavy atom. The summed E-state index contributed by atoms with van der Waals surface area (Å²) in [6.07, 6.45) is -0.341. The van der Waals surface area contributed by atoms with Crippen molar-refractivity contribution in [3.63, 3.8) is 0 Å². The van der Waals surface area contributed by atoms with Crippen LogP contribution in [0.5, 0.6) is 5.75 Å². The van der Waals surface area contributed by atoms with Gasteiger partial charge >= 0.3 is 7.82 Å². The summed E-state index contributed by atoms with van der Waals surface area (Å²) in [4.78, 5) is 0. The Labute approximate surface area is 122 Å². The molecule has 7 heteroatoms. The van der Waals surface area contributed by atoms with E-state index in [4.69, 9.17) is 18.3 Å². The number of benzene rings is 1. The van der Waals surface area contributed by atoms with Gasteiger partial charge in [-0.3, -0.25) is 9.05 Å². The summed E-state index contributed by atoms with van der Waals surface area (Å²) in [7, 11) is -3.75. The molecular formula is C14H17O6P. The number of hydrogen-bond acceptors (Lipinski definition) is 6. The highest BCUT2D eigenvalue weighted by Gasteiger charge is 2.52. The van der Waals surface area contributed by atoms with Gasteiger partial charge in [-0.1, -0.05) is 24.3 Å². The van der Waals surface area contributed by atoms with Crippen LogP contribution < -0.4 is 4.52 Å². The summed E-state index contributed by atoms with van der Waals surface area (Å²) in [5, 5.41) is 10.2. The Balaban J connectivity index is 1.71. The van der Waals surface area contributed by atoms with Crippen LogP contribution in [0.15, 0.2) is 43.0 Å². The zero-order valence-corrected chi connectivity index (χ0v) is 12.2. The number of aliphatic hydroxyl groups is 1.